The van der Waals surface area contributed by atoms with Crippen LogP contribution in [0.4, 0.5) is 0 Å². The van der Waals surface area contributed by atoms with Crippen molar-refractivity contribution in [3.8, 4) is 0 Å². The van der Waals surface area contributed by atoms with E-state index in [2.05, 4.69) is 17.1 Å². The highest BCUT2D eigenvalue weighted by molar-refractivity contribution is 5.82. The monoisotopic (exact) mass is 243 g/mol. The summed E-state index contributed by atoms with van der Waals surface area (Å²) in [5.41, 5.74) is 4.27. The zero-order valence-corrected chi connectivity index (χ0v) is 10.8. The molecule has 1 aromatic heterocycles. The third-order valence-corrected chi connectivity index (χ3v) is 3.86. The summed E-state index contributed by atoms with van der Waals surface area (Å²) in [5.74, 6) is 1.56. The Bertz CT molecular complexity index is 602. The van der Waals surface area contributed by atoms with Gasteiger partial charge in [-0.15, -0.1) is 0 Å². The van der Waals surface area contributed by atoms with E-state index in [0.29, 0.717) is 30.4 Å². The molecule has 0 unspecified atom stereocenters. The Morgan fingerprint density at radius 3 is 2.67 bits per heavy atom. The average molecular weight is 243 g/mol. The number of fused-ring (bicyclic) bond motifs is 1. The van der Waals surface area contributed by atoms with Gasteiger partial charge in [-0.3, -0.25) is 4.79 Å². The predicted octanol–water partition coefficient (Wildman–Crippen LogP) is 3.67. The lowest BCUT2D eigenvalue weighted by Gasteiger charge is -2.21. The summed E-state index contributed by atoms with van der Waals surface area (Å²) in [4.78, 5) is 15.8. The number of ketones is 1. The molecular formula is C15H17NO2. The van der Waals surface area contributed by atoms with Gasteiger partial charge < -0.3 is 4.42 Å². The summed E-state index contributed by atoms with van der Waals surface area (Å²) in [6.45, 7) is 3.93. The first kappa shape index (κ1) is 11.5. The van der Waals surface area contributed by atoms with Gasteiger partial charge in [-0.2, -0.15) is 0 Å². The van der Waals surface area contributed by atoms with Crippen LogP contribution < -0.4 is 0 Å². The average Bonchev–Trinajstić information content (AvgIpc) is 2.74. The molecule has 1 aliphatic carbocycles. The quantitative estimate of drug-likeness (QED) is 0.767. The van der Waals surface area contributed by atoms with Crippen molar-refractivity contribution in [3.05, 3.63) is 29.2 Å². The zero-order chi connectivity index (χ0) is 12.7. The number of carbonyl (C=O) groups excluding carboxylic acids is 1. The number of benzene rings is 1. The van der Waals surface area contributed by atoms with Crippen LogP contribution in [0.2, 0.25) is 0 Å². The number of nitrogens with zero attached hydrogens (tertiary/aromatic N) is 1. The second kappa shape index (κ2) is 4.23. The van der Waals surface area contributed by atoms with E-state index in [4.69, 9.17) is 4.42 Å². The molecule has 0 saturated heterocycles. The summed E-state index contributed by atoms with van der Waals surface area (Å²) in [6.07, 6.45) is 3.31. The van der Waals surface area contributed by atoms with Gasteiger partial charge in [0.2, 0.25) is 0 Å². The van der Waals surface area contributed by atoms with E-state index in [1.54, 1.807) is 0 Å². The molecule has 1 aromatic carbocycles. The Kier molecular flexibility index (Phi) is 2.69. The number of rotatable bonds is 1. The van der Waals surface area contributed by atoms with Crippen LogP contribution in [-0.4, -0.2) is 10.8 Å². The maximum Gasteiger partial charge on any atom is 0.192 e. The fourth-order valence-electron chi connectivity index (χ4n) is 2.84. The van der Waals surface area contributed by atoms with E-state index in [0.717, 1.165) is 29.5 Å². The molecule has 3 heteroatoms. The van der Waals surface area contributed by atoms with Crippen LogP contribution in [0.25, 0.3) is 11.1 Å². The molecule has 3 nitrogen and oxygen atoms in total. The zero-order valence-electron chi connectivity index (χ0n) is 10.8. The summed E-state index contributed by atoms with van der Waals surface area (Å²) in [7, 11) is 0. The molecule has 0 aliphatic heterocycles. The Morgan fingerprint density at radius 2 is 1.94 bits per heavy atom. The van der Waals surface area contributed by atoms with E-state index in [1.807, 2.05) is 13.8 Å². The molecule has 94 valence electrons. The molecule has 1 saturated carbocycles. The number of aryl methyl sites for hydroxylation is 2. The minimum absolute atomic E-state index is 0.394. The van der Waals surface area contributed by atoms with Gasteiger partial charge in [0, 0.05) is 19.8 Å². The Morgan fingerprint density at radius 1 is 1.22 bits per heavy atom. The molecule has 1 fully saturated rings. The second-order valence-corrected chi connectivity index (χ2v) is 5.20. The van der Waals surface area contributed by atoms with Gasteiger partial charge in [0.1, 0.15) is 11.3 Å². The topological polar surface area (TPSA) is 43.1 Å². The minimum Gasteiger partial charge on any atom is -0.441 e. The van der Waals surface area contributed by atoms with E-state index >= 15 is 0 Å². The van der Waals surface area contributed by atoms with E-state index in [-0.39, 0.29) is 0 Å². The number of aromatic nitrogens is 1. The van der Waals surface area contributed by atoms with Gasteiger partial charge in [0.15, 0.2) is 11.5 Å². The normalized spacial score (nSPS) is 17.6. The van der Waals surface area contributed by atoms with Crippen molar-refractivity contribution >= 4 is 16.9 Å². The predicted molar refractivity (Wildman–Crippen MR) is 69.7 cm³/mol. The molecular weight excluding hydrogens is 226 g/mol. The molecule has 1 aliphatic rings. The minimum atomic E-state index is 0.394. The van der Waals surface area contributed by atoms with E-state index in [9.17, 15) is 4.79 Å². The number of hydrogen-bond donors (Lipinski definition) is 0. The van der Waals surface area contributed by atoms with Crippen LogP contribution in [0.15, 0.2) is 16.5 Å². The molecule has 0 spiro atoms. The summed E-state index contributed by atoms with van der Waals surface area (Å²) >= 11 is 0. The maximum absolute atomic E-state index is 11.3. The van der Waals surface area contributed by atoms with Gasteiger partial charge in [-0.1, -0.05) is 12.1 Å². The third kappa shape index (κ3) is 1.84. The first-order valence-corrected chi connectivity index (χ1v) is 6.53. The van der Waals surface area contributed by atoms with Crippen molar-refractivity contribution in [2.24, 2.45) is 0 Å². The Labute approximate surface area is 106 Å². The number of carbonyl (C=O) groups is 1. The summed E-state index contributed by atoms with van der Waals surface area (Å²) in [6, 6.07) is 4.25. The molecule has 0 atom stereocenters. The highest BCUT2D eigenvalue weighted by Gasteiger charge is 2.23. The summed E-state index contributed by atoms with van der Waals surface area (Å²) < 4.78 is 5.67. The van der Waals surface area contributed by atoms with Crippen molar-refractivity contribution < 1.29 is 9.21 Å². The standard InChI is InChI=1S/C15H17NO2/c1-9-3-8-13(11-4-6-12(17)7-5-11)14-15(9)18-10(2)16-14/h3,8,11H,4-7H2,1-2H3. The lowest BCUT2D eigenvalue weighted by atomic mass is 9.83. The SMILES string of the molecule is Cc1nc2c(C3CCC(=O)CC3)ccc(C)c2o1. The van der Waals surface area contributed by atoms with Crippen molar-refractivity contribution in [1.82, 2.24) is 4.98 Å². The van der Waals surface area contributed by atoms with Crippen molar-refractivity contribution in [1.29, 1.82) is 0 Å². The largest absolute Gasteiger partial charge is 0.441 e. The lowest BCUT2D eigenvalue weighted by molar-refractivity contribution is -0.120. The third-order valence-electron chi connectivity index (χ3n) is 3.86. The fraction of sp³-hybridized carbons (Fsp3) is 0.467. The van der Waals surface area contributed by atoms with Crippen LogP contribution in [0.1, 0.15) is 48.6 Å². The lowest BCUT2D eigenvalue weighted by Crippen LogP contribution is -2.12. The molecule has 18 heavy (non-hydrogen) atoms. The first-order chi connectivity index (χ1) is 8.65. The summed E-state index contributed by atoms with van der Waals surface area (Å²) in [5, 5.41) is 0. The van der Waals surface area contributed by atoms with Crippen molar-refractivity contribution in [2.45, 2.75) is 45.4 Å². The number of Topliss-reactive ketones (excluding diaryl/α,β-unsaturated/α-hetero) is 1. The number of oxazole rings is 1. The highest BCUT2D eigenvalue weighted by Crippen LogP contribution is 2.36. The van der Waals surface area contributed by atoms with E-state index < -0.39 is 0 Å². The molecule has 3 rings (SSSR count). The van der Waals surface area contributed by atoms with Gasteiger partial charge in [-0.05, 0) is 36.8 Å². The van der Waals surface area contributed by atoms with Gasteiger partial charge in [0.05, 0.1) is 0 Å². The Hall–Kier alpha value is -1.64. The number of hydrogen-bond acceptors (Lipinski definition) is 3. The molecule has 0 N–H and O–H groups in total. The van der Waals surface area contributed by atoms with Crippen LogP contribution in [-0.2, 0) is 4.79 Å². The van der Waals surface area contributed by atoms with Crippen LogP contribution in [0, 0.1) is 13.8 Å². The molecule has 0 bridgehead atoms. The van der Waals surface area contributed by atoms with Gasteiger partial charge in [-0.25, -0.2) is 4.98 Å². The van der Waals surface area contributed by atoms with Crippen LogP contribution in [0.3, 0.4) is 0 Å². The van der Waals surface area contributed by atoms with Crippen molar-refractivity contribution in [2.75, 3.05) is 0 Å². The second-order valence-electron chi connectivity index (χ2n) is 5.20. The Balaban J connectivity index is 2.06. The maximum atomic E-state index is 11.3. The van der Waals surface area contributed by atoms with E-state index in [1.165, 1.54) is 5.56 Å². The van der Waals surface area contributed by atoms with Gasteiger partial charge in [0.25, 0.3) is 0 Å². The van der Waals surface area contributed by atoms with Crippen molar-refractivity contribution in [3.63, 3.8) is 0 Å². The molecule has 1 heterocycles. The smallest absolute Gasteiger partial charge is 0.192 e. The first-order valence-electron chi connectivity index (χ1n) is 6.53. The highest BCUT2D eigenvalue weighted by atomic mass is 16.3. The van der Waals surface area contributed by atoms with Crippen LogP contribution >= 0.6 is 0 Å². The fourth-order valence-corrected chi connectivity index (χ4v) is 2.84. The molecule has 0 radical (unpaired) electrons. The molecule has 0 amide bonds. The van der Waals surface area contributed by atoms with Crippen LogP contribution in [0.5, 0.6) is 0 Å². The van der Waals surface area contributed by atoms with Gasteiger partial charge >= 0.3 is 0 Å². The molecule has 2 aromatic rings.